The van der Waals surface area contributed by atoms with Gasteiger partial charge in [-0.1, -0.05) is 29.5 Å². The van der Waals surface area contributed by atoms with Gasteiger partial charge in [0.05, 0.1) is 22.2 Å². The zero-order valence-electron chi connectivity index (χ0n) is 15.7. The molecule has 0 N–H and O–H groups in total. The number of hydrogen-bond donors (Lipinski definition) is 0. The summed E-state index contributed by atoms with van der Waals surface area (Å²) in [6.45, 7) is 1.40. The molecule has 1 amide bonds. The quantitative estimate of drug-likeness (QED) is 0.347. The molecule has 3 rings (SSSR count). The Balaban J connectivity index is 1.95. The van der Waals surface area contributed by atoms with Gasteiger partial charge in [0, 0.05) is 12.1 Å². The van der Waals surface area contributed by atoms with Crippen LogP contribution < -0.4 is 9.54 Å². The van der Waals surface area contributed by atoms with Crippen molar-refractivity contribution in [3.05, 3.63) is 62.9 Å². The van der Waals surface area contributed by atoms with Crippen LogP contribution in [0.3, 0.4) is 0 Å². The Bertz CT molecular complexity index is 1160. The number of amides is 1. The third kappa shape index (κ3) is 4.66. The number of fused-ring (bicyclic) bond motifs is 1. The van der Waals surface area contributed by atoms with E-state index < -0.39 is 16.8 Å². The minimum absolute atomic E-state index is 0.0928. The minimum atomic E-state index is -0.548. The standard InChI is InChI=1S/C19H17N3O6S/c1-12-5-3-4-6-15(12)28-11-17(23)20-19-21(10-18(24)27-2)14-8-7-13(22(25)26)9-16(14)29-19/h3-9H,10-11H2,1-2H3. The van der Waals surface area contributed by atoms with Crippen molar-refractivity contribution in [1.82, 2.24) is 4.57 Å². The monoisotopic (exact) mass is 415 g/mol. The van der Waals surface area contributed by atoms with Crippen LogP contribution in [0.4, 0.5) is 5.69 Å². The fourth-order valence-electron chi connectivity index (χ4n) is 2.60. The zero-order chi connectivity index (χ0) is 21.0. The number of nitro benzene ring substituents is 1. The van der Waals surface area contributed by atoms with E-state index in [-0.39, 0.29) is 23.6 Å². The van der Waals surface area contributed by atoms with E-state index in [0.29, 0.717) is 16.0 Å². The van der Waals surface area contributed by atoms with Gasteiger partial charge in [0.25, 0.3) is 11.6 Å². The number of hydrogen-bond acceptors (Lipinski definition) is 7. The highest BCUT2D eigenvalue weighted by Gasteiger charge is 2.15. The van der Waals surface area contributed by atoms with Gasteiger partial charge in [-0.05, 0) is 24.6 Å². The third-order valence-electron chi connectivity index (χ3n) is 4.06. The van der Waals surface area contributed by atoms with Crippen molar-refractivity contribution >= 4 is 39.1 Å². The Morgan fingerprint density at radius 3 is 2.69 bits per heavy atom. The van der Waals surface area contributed by atoms with Gasteiger partial charge in [-0.3, -0.25) is 19.7 Å². The summed E-state index contributed by atoms with van der Waals surface area (Å²) in [5.41, 5.74) is 1.33. The summed E-state index contributed by atoms with van der Waals surface area (Å²) in [5.74, 6) is -0.508. The zero-order valence-corrected chi connectivity index (χ0v) is 16.5. The molecular formula is C19H17N3O6S. The lowest BCUT2D eigenvalue weighted by Crippen LogP contribution is -2.23. The fourth-order valence-corrected chi connectivity index (χ4v) is 3.68. The lowest BCUT2D eigenvalue weighted by Gasteiger charge is -2.06. The van der Waals surface area contributed by atoms with Crippen molar-refractivity contribution in [3.63, 3.8) is 0 Å². The molecule has 9 nitrogen and oxygen atoms in total. The second-order valence-corrected chi connectivity index (χ2v) is 7.02. The lowest BCUT2D eigenvalue weighted by atomic mass is 10.2. The fraction of sp³-hybridized carbons (Fsp3) is 0.211. The number of methoxy groups -OCH3 is 1. The average molecular weight is 415 g/mol. The summed E-state index contributed by atoms with van der Waals surface area (Å²) in [7, 11) is 1.25. The van der Waals surface area contributed by atoms with E-state index in [1.807, 2.05) is 19.1 Å². The van der Waals surface area contributed by atoms with Crippen LogP contribution in [0.25, 0.3) is 10.2 Å². The van der Waals surface area contributed by atoms with Gasteiger partial charge in [-0.15, -0.1) is 0 Å². The summed E-state index contributed by atoms with van der Waals surface area (Å²) in [6, 6.07) is 11.5. The molecule has 10 heteroatoms. The van der Waals surface area contributed by atoms with E-state index in [9.17, 15) is 19.7 Å². The van der Waals surface area contributed by atoms with Gasteiger partial charge in [-0.2, -0.15) is 4.99 Å². The largest absolute Gasteiger partial charge is 0.483 e. The first-order valence-corrected chi connectivity index (χ1v) is 9.31. The number of non-ortho nitro benzene ring substituents is 1. The summed E-state index contributed by atoms with van der Waals surface area (Å²) in [6.07, 6.45) is 0. The van der Waals surface area contributed by atoms with Crippen LogP contribution in [0.2, 0.25) is 0 Å². The van der Waals surface area contributed by atoms with Crippen LogP contribution in [0.15, 0.2) is 47.5 Å². The highest BCUT2D eigenvalue weighted by Crippen LogP contribution is 2.23. The highest BCUT2D eigenvalue weighted by atomic mass is 32.1. The van der Waals surface area contributed by atoms with Gasteiger partial charge in [-0.25, -0.2) is 0 Å². The van der Waals surface area contributed by atoms with E-state index in [1.165, 1.54) is 29.9 Å². The molecule has 3 aromatic rings. The van der Waals surface area contributed by atoms with Crippen LogP contribution in [0, 0.1) is 17.0 Å². The molecule has 0 bridgehead atoms. The number of aromatic nitrogens is 1. The van der Waals surface area contributed by atoms with Crippen molar-refractivity contribution in [1.29, 1.82) is 0 Å². The molecule has 0 aliphatic rings. The van der Waals surface area contributed by atoms with E-state index in [1.54, 1.807) is 12.1 Å². The van der Waals surface area contributed by atoms with Gasteiger partial charge in [0.1, 0.15) is 12.3 Å². The number of rotatable bonds is 6. The number of para-hydroxylation sites is 1. The number of aryl methyl sites for hydroxylation is 1. The number of carbonyl (C=O) groups is 2. The molecule has 1 heterocycles. The smallest absolute Gasteiger partial charge is 0.325 e. The molecule has 0 saturated heterocycles. The molecule has 0 aliphatic carbocycles. The van der Waals surface area contributed by atoms with E-state index >= 15 is 0 Å². The van der Waals surface area contributed by atoms with Crippen molar-refractivity contribution in [3.8, 4) is 5.75 Å². The second-order valence-electron chi connectivity index (χ2n) is 6.02. The maximum Gasteiger partial charge on any atom is 0.325 e. The molecule has 0 aliphatic heterocycles. The van der Waals surface area contributed by atoms with Gasteiger partial charge < -0.3 is 14.0 Å². The number of esters is 1. The number of ether oxygens (including phenoxy) is 2. The Morgan fingerprint density at radius 1 is 1.24 bits per heavy atom. The Labute approximate surface area is 169 Å². The van der Waals surface area contributed by atoms with Gasteiger partial charge in [0.15, 0.2) is 11.4 Å². The number of carbonyl (C=O) groups excluding carboxylic acids is 2. The topological polar surface area (TPSA) is 113 Å². The molecule has 0 spiro atoms. The van der Waals surface area contributed by atoms with Gasteiger partial charge >= 0.3 is 5.97 Å². The maximum atomic E-state index is 12.3. The first-order valence-electron chi connectivity index (χ1n) is 8.49. The number of nitrogens with zero attached hydrogens (tertiary/aromatic N) is 3. The second kappa shape index (κ2) is 8.65. The lowest BCUT2D eigenvalue weighted by molar-refractivity contribution is -0.384. The maximum absolute atomic E-state index is 12.3. The summed E-state index contributed by atoms with van der Waals surface area (Å²) in [4.78, 5) is 38.9. The van der Waals surface area contributed by atoms with Crippen molar-refractivity contribution in [2.75, 3.05) is 13.7 Å². The minimum Gasteiger partial charge on any atom is -0.483 e. The highest BCUT2D eigenvalue weighted by molar-refractivity contribution is 7.16. The predicted octanol–water partition coefficient (Wildman–Crippen LogP) is 2.60. The van der Waals surface area contributed by atoms with Crippen LogP contribution in [0.5, 0.6) is 5.75 Å². The van der Waals surface area contributed by atoms with Crippen LogP contribution in [-0.4, -0.2) is 35.1 Å². The van der Waals surface area contributed by atoms with E-state index in [2.05, 4.69) is 4.99 Å². The molecule has 1 aromatic heterocycles. The Kier molecular flexibility index (Phi) is 6.03. The normalized spacial score (nSPS) is 11.4. The molecule has 150 valence electrons. The summed E-state index contributed by atoms with van der Waals surface area (Å²) >= 11 is 1.07. The van der Waals surface area contributed by atoms with Crippen molar-refractivity contribution in [2.45, 2.75) is 13.5 Å². The van der Waals surface area contributed by atoms with E-state index in [0.717, 1.165) is 16.9 Å². The van der Waals surface area contributed by atoms with Crippen molar-refractivity contribution in [2.24, 2.45) is 4.99 Å². The molecule has 0 fully saturated rings. The van der Waals surface area contributed by atoms with Crippen LogP contribution in [0.1, 0.15) is 5.56 Å². The predicted molar refractivity (Wildman–Crippen MR) is 106 cm³/mol. The number of thiazole rings is 1. The number of nitro groups is 1. The summed E-state index contributed by atoms with van der Waals surface area (Å²) < 4.78 is 12.2. The molecule has 0 radical (unpaired) electrons. The Morgan fingerprint density at radius 2 is 2.00 bits per heavy atom. The molecule has 0 unspecified atom stereocenters. The van der Waals surface area contributed by atoms with E-state index in [4.69, 9.17) is 9.47 Å². The van der Waals surface area contributed by atoms with Crippen LogP contribution >= 0.6 is 11.3 Å². The molecular weight excluding hydrogens is 398 g/mol. The molecule has 2 aromatic carbocycles. The average Bonchev–Trinajstić information content (AvgIpc) is 3.03. The molecule has 0 saturated carbocycles. The first kappa shape index (κ1) is 20.2. The number of benzene rings is 2. The van der Waals surface area contributed by atoms with Gasteiger partial charge in [0.2, 0.25) is 0 Å². The first-order chi connectivity index (χ1) is 13.9. The summed E-state index contributed by atoms with van der Waals surface area (Å²) in [5, 5.41) is 11.0. The molecule has 0 atom stereocenters. The SMILES string of the molecule is COC(=O)Cn1c(=NC(=O)COc2ccccc2C)sc2cc([N+](=O)[O-])ccc21. The third-order valence-corrected chi connectivity index (χ3v) is 5.10. The Hall–Kier alpha value is -3.53. The van der Waals surface area contributed by atoms with Crippen molar-refractivity contribution < 1.29 is 24.0 Å². The van der Waals surface area contributed by atoms with Crippen LogP contribution in [-0.2, 0) is 20.9 Å². The molecule has 29 heavy (non-hydrogen) atoms.